The molecule has 2 aliphatic rings. The number of hydrogen-bond acceptors (Lipinski definition) is 3. The number of hydrogen-bond donors (Lipinski definition) is 3. The zero-order valence-electron chi connectivity index (χ0n) is 14.4. The second-order valence-electron chi connectivity index (χ2n) is 7.72. The second kappa shape index (κ2) is 6.10. The van der Waals surface area contributed by atoms with E-state index in [2.05, 4.69) is 13.8 Å². The van der Waals surface area contributed by atoms with Gasteiger partial charge in [-0.3, -0.25) is 0 Å². The molecule has 3 nitrogen and oxygen atoms in total. The van der Waals surface area contributed by atoms with Crippen molar-refractivity contribution in [1.29, 1.82) is 0 Å². The standard InChI is InChI=1S/C20H30O3/c1-3-5-10-20(23)12-15-7-6-14-11-16(21)8-9-17(14)19(15,4-2)13-18(20)22/h8-9,11,15,18,21-23H,3-7,10,12-13H2,1-2H3/t15-,18+,19-,20+/m1/s1. The van der Waals surface area contributed by atoms with Crippen LogP contribution in [0.25, 0.3) is 0 Å². The van der Waals surface area contributed by atoms with Crippen LogP contribution < -0.4 is 0 Å². The molecule has 1 saturated carbocycles. The van der Waals surface area contributed by atoms with Gasteiger partial charge in [-0.15, -0.1) is 0 Å². The lowest BCUT2D eigenvalue weighted by Gasteiger charge is -2.55. The fraction of sp³-hybridized carbons (Fsp3) is 0.700. The maximum atomic E-state index is 11.0. The van der Waals surface area contributed by atoms with Crippen LogP contribution in [0.3, 0.4) is 0 Å². The predicted molar refractivity (Wildman–Crippen MR) is 91.6 cm³/mol. The number of aliphatic hydroxyl groups excluding tert-OH is 1. The summed E-state index contributed by atoms with van der Waals surface area (Å²) in [7, 11) is 0. The van der Waals surface area contributed by atoms with Crippen LogP contribution in [0.2, 0.25) is 0 Å². The van der Waals surface area contributed by atoms with Crippen LogP contribution in [0.5, 0.6) is 5.75 Å². The molecule has 0 saturated heterocycles. The lowest BCUT2D eigenvalue weighted by atomic mass is 9.52. The van der Waals surface area contributed by atoms with E-state index in [9.17, 15) is 15.3 Å². The van der Waals surface area contributed by atoms with Gasteiger partial charge in [0.2, 0.25) is 0 Å². The molecule has 3 heteroatoms. The summed E-state index contributed by atoms with van der Waals surface area (Å²) in [5, 5.41) is 31.6. The maximum Gasteiger partial charge on any atom is 0.115 e. The first-order chi connectivity index (χ1) is 10.9. The van der Waals surface area contributed by atoms with Crippen molar-refractivity contribution in [3.8, 4) is 5.75 Å². The fourth-order valence-corrected chi connectivity index (χ4v) is 5.15. The minimum absolute atomic E-state index is 0.0564. The van der Waals surface area contributed by atoms with Gasteiger partial charge in [0, 0.05) is 5.41 Å². The van der Waals surface area contributed by atoms with Gasteiger partial charge in [-0.2, -0.15) is 0 Å². The molecule has 0 unspecified atom stereocenters. The third kappa shape index (κ3) is 2.68. The predicted octanol–water partition coefficient (Wildman–Crippen LogP) is 3.68. The lowest BCUT2D eigenvalue weighted by molar-refractivity contribution is -0.144. The molecular formula is C20H30O3. The van der Waals surface area contributed by atoms with Gasteiger partial charge in [0.1, 0.15) is 5.75 Å². The van der Waals surface area contributed by atoms with E-state index in [1.54, 1.807) is 6.07 Å². The topological polar surface area (TPSA) is 60.7 Å². The van der Waals surface area contributed by atoms with Crippen LogP contribution in [0.15, 0.2) is 18.2 Å². The minimum atomic E-state index is -0.923. The van der Waals surface area contributed by atoms with Crippen molar-refractivity contribution in [2.45, 2.75) is 82.3 Å². The normalized spacial score (nSPS) is 36.3. The van der Waals surface area contributed by atoms with E-state index in [-0.39, 0.29) is 5.41 Å². The highest BCUT2D eigenvalue weighted by Crippen LogP contribution is 2.55. The van der Waals surface area contributed by atoms with Crippen molar-refractivity contribution in [2.24, 2.45) is 5.92 Å². The molecule has 0 bridgehead atoms. The van der Waals surface area contributed by atoms with Crippen molar-refractivity contribution < 1.29 is 15.3 Å². The number of aliphatic hydroxyl groups is 2. The number of fused-ring (bicyclic) bond motifs is 3. The van der Waals surface area contributed by atoms with Crippen molar-refractivity contribution in [1.82, 2.24) is 0 Å². The van der Waals surface area contributed by atoms with Crippen LogP contribution in [0.1, 0.15) is 69.9 Å². The summed E-state index contributed by atoms with van der Waals surface area (Å²) >= 11 is 0. The number of aryl methyl sites for hydroxylation is 1. The average molecular weight is 318 g/mol. The Hall–Kier alpha value is -1.06. The summed E-state index contributed by atoms with van der Waals surface area (Å²) in [4.78, 5) is 0. The van der Waals surface area contributed by atoms with Crippen molar-refractivity contribution in [3.63, 3.8) is 0 Å². The Balaban J connectivity index is 1.96. The van der Waals surface area contributed by atoms with E-state index in [1.165, 1.54) is 11.1 Å². The number of aromatic hydroxyl groups is 1. The minimum Gasteiger partial charge on any atom is -0.508 e. The third-order valence-electron chi connectivity index (χ3n) is 6.54. The largest absolute Gasteiger partial charge is 0.508 e. The highest BCUT2D eigenvalue weighted by molar-refractivity contribution is 5.43. The Kier molecular flexibility index (Phi) is 4.45. The molecule has 4 atom stereocenters. The van der Waals surface area contributed by atoms with Gasteiger partial charge in [-0.25, -0.2) is 0 Å². The van der Waals surface area contributed by atoms with E-state index < -0.39 is 11.7 Å². The lowest BCUT2D eigenvalue weighted by Crippen LogP contribution is -2.57. The smallest absolute Gasteiger partial charge is 0.115 e. The first kappa shape index (κ1) is 16.8. The van der Waals surface area contributed by atoms with E-state index in [1.807, 2.05) is 12.1 Å². The molecule has 23 heavy (non-hydrogen) atoms. The van der Waals surface area contributed by atoms with Gasteiger partial charge in [0.15, 0.2) is 0 Å². The Bertz CT molecular complexity index is 570. The van der Waals surface area contributed by atoms with Crippen LogP contribution in [0.4, 0.5) is 0 Å². The average Bonchev–Trinajstić information content (AvgIpc) is 2.54. The first-order valence-corrected chi connectivity index (χ1v) is 9.18. The highest BCUT2D eigenvalue weighted by Gasteiger charge is 2.54. The van der Waals surface area contributed by atoms with Crippen LogP contribution in [-0.2, 0) is 11.8 Å². The molecule has 1 aromatic rings. The molecule has 3 N–H and O–H groups in total. The molecule has 0 aromatic heterocycles. The summed E-state index contributed by atoms with van der Waals surface area (Å²) in [6, 6.07) is 5.69. The maximum absolute atomic E-state index is 11.0. The number of rotatable bonds is 4. The fourth-order valence-electron chi connectivity index (χ4n) is 5.15. The van der Waals surface area contributed by atoms with Gasteiger partial charge in [0.05, 0.1) is 11.7 Å². The summed E-state index contributed by atoms with van der Waals surface area (Å²) in [6.07, 6.45) is 6.32. The molecule has 1 fully saturated rings. The summed E-state index contributed by atoms with van der Waals surface area (Å²) in [5.41, 5.74) is 1.52. The van der Waals surface area contributed by atoms with Gasteiger partial charge < -0.3 is 15.3 Å². The van der Waals surface area contributed by atoms with Crippen LogP contribution in [0, 0.1) is 5.92 Å². The zero-order chi connectivity index (χ0) is 16.7. The molecule has 0 heterocycles. The highest BCUT2D eigenvalue weighted by atomic mass is 16.3. The first-order valence-electron chi connectivity index (χ1n) is 9.18. The molecular weight excluding hydrogens is 288 g/mol. The van der Waals surface area contributed by atoms with Crippen molar-refractivity contribution in [3.05, 3.63) is 29.3 Å². The Labute approximate surface area is 139 Å². The molecule has 1 aromatic carbocycles. The summed E-state index contributed by atoms with van der Waals surface area (Å²) in [6.45, 7) is 4.32. The van der Waals surface area contributed by atoms with Gasteiger partial charge in [0.25, 0.3) is 0 Å². The van der Waals surface area contributed by atoms with Crippen molar-refractivity contribution in [2.75, 3.05) is 0 Å². The Morgan fingerprint density at radius 1 is 1.22 bits per heavy atom. The van der Waals surface area contributed by atoms with E-state index >= 15 is 0 Å². The second-order valence-corrected chi connectivity index (χ2v) is 7.72. The summed E-state index contributed by atoms with van der Waals surface area (Å²) in [5.74, 6) is 0.735. The molecule has 0 aliphatic heterocycles. The molecule has 0 radical (unpaired) electrons. The number of phenolic OH excluding ortho intramolecular Hbond substituents is 1. The zero-order valence-corrected chi connectivity index (χ0v) is 14.4. The van der Waals surface area contributed by atoms with Crippen molar-refractivity contribution >= 4 is 0 Å². The molecule has 128 valence electrons. The number of unbranched alkanes of at least 4 members (excludes halogenated alkanes) is 1. The third-order valence-corrected chi connectivity index (χ3v) is 6.54. The molecule has 2 aliphatic carbocycles. The molecule has 0 amide bonds. The van der Waals surface area contributed by atoms with E-state index in [0.29, 0.717) is 30.9 Å². The number of benzene rings is 1. The Morgan fingerprint density at radius 3 is 2.70 bits per heavy atom. The van der Waals surface area contributed by atoms with E-state index in [0.717, 1.165) is 32.1 Å². The van der Waals surface area contributed by atoms with Crippen LogP contribution >= 0.6 is 0 Å². The van der Waals surface area contributed by atoms with Gasteiger partial charge in [-0.05, 0) is 67.7 Å². The van der Waals surface area contributed by atoms with E-state index in [4.69, 9.17) is 0 Å². The number of phenols is 1. The van der Waals surface area contributed by atoms with Gasteiger partial charge >= 0.3 is 0 Å². The summed E-state index contributed by atoms with van der Waals surface area (Å²) < 4.78 is 0. The van der Waals surface area contributed by atoms with Crippen LogP contribution in [-0.4, -0.2) is 27.0 Å². The quantitative estimate of drug-likeness (QED) is 0.793. The SMILES string of the molecule is CCCC[C@]1(O)C[C@H]2CCc3cc(O)ccc3[C@]2(CC)C[C@@H]1O. The molecule has 3 rings (SSSR count). The Morgan fingerprint density at radius 2 is 2.00 bits per heavy atom. The monoisotopic (exact) mass is 318 g/mol. The van der Waals surface area contributed by atoms with Gasteiger partial charge in [-0.1, -0.05) is 32.8 Å². The molecule has 0 spiro atoms.